The number of ether oxygens (including phenoxy) is 2. The summed E-state index contributed by atoms with van der Waals surface area (Å²) in [6.45, 7) is 1.88. The summed E-state index contributed by atoms with van der Waals surface area (Å²) in [7, 11) is 3.25. The number of hydrogen-bond donors (Lipinski definition) is 2. The lowest BCUT2D eigenvalue weighted by atomic mass is 10.00. The number of anilines is 2. The van der Waals surface area contributed by atoms with E-state index in [0.717, 1.165) is 30.9 Å². The molecule has 0 aliphatic carbocycles. The zero-order chi connectivity index (χ0) is 14.7. The lowest BCUT2D eigenvalue weighted by Gasteiger charge is -2.20. The topological polar surface area (TPSA) is 68.3 Å². The van der Waals surface area contributed by atoms with Crippen molar-refractivity contribution in [1.29, 1.82) is 0 Å². The number of rotatable bonds is 4. The van der Waals surface area contributed by atoms with Crippen LogP contribution in [-0.4, -0.2) is 30.7 Å². The Morgan fingerprint density at radius 1 is 1.10 bits per heavy atom. The molecule has 0 saturated carbocycles. The number of nitrogens with zero attached hydrogens (tertiary/aromatic N) is 2. The molecule has 0 bridgehead atoms. The van der Waals surface area contributed by atoms with Crippen LogP contribution in [0.5, 0.6) is 11.5 Å². The molecule has 0 amide bonds. The number of aromatic nitrogens is 2. The highest BCUT2D eigenvalue weighted by Gasteiger charge is 2.14. The van der Waals surface area contributed by atoms with Crippen LogP contribution in [0.4, 0.5) is 11.6 Å². The second kappa shape index (κ2) is 5.97. The van der Waals surface area contributed by atoms with E-state index in [1.54, 1.807) is 26.6 Å². The molecule has 110 valence electrons. The lowest BCUT2D eigenvalue weighted by molar-refractivity contribution is 0.411. The maximum absolute atomic E-state index is 5.46. The van der Waals surface area contributed by atoms with Crippen LogP contribution in [0.2, 0.25) is 0 Å². The van der Waals surface area contributed by atoms with Crippen molar-refractivity contribution in [1.82, 2.24) is 15.3 Å². The van der Waals surface area contributed by atoms with Crippen molar-refractivity contribution in [3.63, 3.8) is 0 Å². The molecule has 2 aromatic rings. The summed E-state index contributed by atoms with van der Waals surface area (Å²) in [5, 5.41) is 6.56. The van der Waals surface area contributed by atoms with Gasteiger partial charge in [-0.15, -0.1) is 0 Å². The second-order valence-corrected chi connectivity index (χ2v) is 4.82. The highest BCUT2D eigenvalue weighted by molar-refractivity contribution is 5.65. The molecule has 1 aliphatic heterocycles. The summed E-state index contributed by atoms with van der Waals surface area (Å²) >= 11 is 0. The summed E-state index contributed by atoms with van der Waals surface area (Å²) in [4.78, 5) is 8.43. The Hall–Kier alpha value is -2.34. The standard InChI is InChI=1S/C15H18N4O2/c1-20-12-8-17-15(18-9-12)19-13-5-10-3-4-16-7-11(10)6-14(13)21-2/h5-6,8-9,16H,3-4,7H2,1-2H3,(H,17,18,19). The third kappa shape index (κ3) is 2.90. The van der Waals surface area contributed by atoms with Gasteiger partial charge < -0.3 is 20.1 Å². The lowest BCUT2D eigenvalue weighted by Crippen LogP contribution is -2.23. The largest absolute Gasteiger partial charge is 0.495 e. The van der Waals surface area contributed by atoms with Gasteiger partial charge >= 0.3 is 0 Å². The molecule has 3 rings (SSSR count). The molecule has 0 saturated heterocycles. The van der Waals surface area contributed by atoms with Gasteiger partial charge in [-0.3, -0.25) is 0 Å². The van der Waals surface area contributed by atoms with Crippen LogP contribution in [-0.2, 0) is 13.0 Å². The highest BCUT2D eigenvalue weighted by atomic mass is 16.5. The first-order chi connectivity index (χ1) is 10.3. The smallest absolute Gasteiger partial charge is 0.227 e. The average molecular weight is 286 g/mol. The molecule has 0 atom stereocenters. The van der Waals surface area contributed by atoms with Crippen LogP contribution < -0.4 is 20.1 Å². The van der Waals surface area contributed by atoms with E-state index in [9.17, 15) is 0 Å². The monoisotopic (exact) mass is 286 g/mol. The first-order valence-electron chi connectivity index (χ1n) is 6.83. The van der Waals surface area contributed by atoms with Crippen molar-refractivity contribution in [3.8, 4) is 11.5 Å². The van der Waals surface area contributed by atoms with Gasteiger partial charge in [0.15, 0.2) is 5.75 Å². The van der Waals surface area contributed by atoms with Crippen LogP contribution in [0.15, 0.2) is 24.5 Å². The molecule has 6 heteroatoms. The molecule has 1 aromatic carbocycles. The minimum atomic E-state index is 0.517. The van der Waals surface area contributed by atoms with Crippen molar-refractivity contribution in [3.05, 3.63) is 35.7 Å². The van der Waals surface area contributed by atoms with E-state index in [1.807, 2.05) is 0 Å². The Morgan fingerprint density at radius 2 is 1.90 bits per heavy atom. The number of fused-ring (bicyclic) bond motifs is 1. The molecule has 2 N–H and O–H groups in total. The Kier molecular flexibility index (Phi) is 3.87. The van der Waals surface area contributed by atoms with Gasteiger partial charge in [-0.2, -0.15) is 0 Å². The zero-order valence-corrected chi connectivity index (χ0v) is 12.1. The predicted octanol–water partition coefficient (Wildman–Crippen LogP) is 1.88. The summed E-state index contributed by atoms with van der Waals surface area (Å²) < 4.78 is 10.5. The molecule has 2 heterocycles. The Balaban J connectivity index is 1.89. The molecule has 21 heavy (non-hydrogen) atoms. The van der Waals surface area contributed by atoms with Gasteiger partial charge in [0.1, 0.15) is 5.75 Å². The van der Waals surface area contributed by atoms with E-state index >= 15 is 0 Å². The second-order valence-electron chi connectivity index (χ2n) is 4.82. The van der Waals surface area contributed by atoms with E-state index in [-0.39, 0.29) is 0 Å². The fourth-order valence-corrected chi connectivity index (χ4v) is 2.38. The Morgan fingerprint density at radius 3 is 2.62 bits per heavy atom. The highest BCUT2D eigenvalue weighted by Crippen LogP contribution is 2.31. The van der Waals surface area contributed by atoms with Crippen LogP contribution in [0.3, 0.4) is 0 Å². The number of methoxy groups -OCH3 is 2. The first kappa shape index (κ1) is 13.6. The summed E-state index contributed by atoms with van der Waals surface area (Å²) in [6, 6.07) is 4.18. The third-order valence-corrected chi connectivity index (χ3v) is 3.52. The predicted molar refractivity (Wildman–Crippen MR) is 80.3 cm³/mol. The van der Waals surface area contributed by atoms with Crippen LogP contribution in [0.1, 0.15) is 11.1 Å². The molecular weight excluding hydrogens is 268 g/mol. The summed E-state index contributed by atoms with van der Waals surface area (Å²) in [5.41, 5.74) is 3.48. The quantitative estimate of drug-likeness (QED) is 0.894. The fourth-order valence-electron chi connectivity index (χ4n) is 2.38. The van der Waals surface area contributed by atoms with Crippen molar-refractivity contribution >= 4 is 11.6 Å². The van der Waals surface area contributed by atoms with E-state index in [4.69, 9.17) is 9.47 Å². The zero-order valence-electron chi connectivity index (χ0n) is 12.1. The molecule has 1 aromatic heterocycles. The minimum Gasteiger partial charge on any atom is -0.495 e. The van der Waals surface area contributed by atoms with Crippen LogP contribution in [0, 0.1) is 0 Å². The fraction of sp³-hybridized carbons (Fsp3) is 0.333. The van der Waals surface area contributed by atoms with Gasteiger partial charge in [0.2, 0.25) is 5.95 Å². The van der Waals surface area contributed by atoms with Crippen LogP contribution >= 0.6 is 0 Å². The van der Waals surface area contributed by atoms with Crippen molar-refractivity contribution in [2.75, 3.05) is 26.1 Å². The normalized spacial score (nSPS) is 13.4. The maximum Gasteiger partial charge on any atom is 0.227 e. The molecule has 1 aliphatic rings. The van der Waals surface area contributed by atoms with Gasteiger partial charge in [0, 0.05) is 6.54 Å². The number of benzene rings is 1. The minimum absolute atomic E-state index is 0.517. The maximum atomic E-state index is 5.46. The van der Waals surface area contributed by atoms with Gasteiger partial charge in [-0.25, -0.2) is 9.97 Å². The van der Waals surface area contributed by atoms with Gasteiger partial charge in [0.25, 0.3) is 0 Å². The van der Waals surface area contributed by atoms with Gasteiger partial charge in [0.05, 0.1) is 32.3 Å². The Bertz CT molecular complexity index is 628. The molecule has 0 fully saturated rings. The molecule has 0 spiro atoms. The van der Waals surface area contributed by atoms with E-state index in [1.165, 1.54) is 11.1 Å². The van der Waals surface area contributed by atoms with E-state index < -0.39 is 0 Å². The Labute approximate surface area is 123 Å². The SMILES string of the molecule is COc1cnc(Nc2cc3c(cc2OC)CNCC3)nc1. The van der Waals surface area contributed by atoms with Gasteiger partial charge in [-0.05, 0) is 36.2 Å². The third-order valence-electron chi connectivity index (χ3n) is 3.52. The van der Waals surface area contributed by atoms with E-state index in [0.29, 0.717) is 11.7 Å². The number of nitrogens with one attached hydrogen (secondary N) is 2. The molecule has 0 radical (unpaired) electrons. The van der Waals surface area contributed by atoms with E-state index in [2.05, 4.69) is 32.7 Å². The molecule has 0 unspecified atom stereocenters. The van der Waals surface area contributed by atoms with Crippen molar-refractivity contribution in [2.45, 2.75) is 13.0 Å². The molecular formula is C15H18N4O2. The van der Waals surface area contributed by atoms with Crippen LogP contribution in [0.25, 0.3) is 0 Å². The van der Waals surface area contributed by atoms with Crippen molar-refractivity contribution in [2.24, 2.45) is 0 Å². The number of hydrogen-bond acceptors (Lipinski definition) is 6. The average Bonchev–Trinajstić information content (AvgIpc) is 2.55. The summed E-state index contributed by atoms with van der Waals surface area (Å²) in [6.07, 6.45) is 4.27. The van der Waals surface area contributed by atoms with Gasteiger partial charge in [-0.1, -0.05) is 0 Å². The molecule has 6 nitrogen and oxygen atoms in total. The summed E-state index contributed by atoms with van der Waals surface area (Å²) in [5.74, 6) is 1.93. The first-order valence-corrected chi connectivity index (χ1v) is 6.83. The van der Waals surface area contributed by atoms with Crippen molar-refractivity contribution < 1.29 is 9.47 Å².